The number of aromatic nitrogens is 3. The minimum Gasteiger partial charge on any atom is -0.484 e. The van der Waals surface area contributed by atoms with Gasteiger partial charge in [0.15, 0.2) is 6.61 Å². The van der Waals surface area contributed by atoms with Crippen LogP contribution in [0.3, 0.4) is 0 Å². The largest absolute Gasteiger partial charge is 0.484 e. The Morgan fingerprint density at radius 1 is 1.36 bits per heavy atom. The van der Waals surface area contributed by atoms with Gasteiger partial charge in [0.05, 0.1) is 17.7 Å². The number of carbonyl (C=O) groups excluding carboxylic acids is 1. The Labute approximate surface area is 146 Å². The molecule has 1 amide bonds. The fourth-order valence-corrected chi connectivity index (χ4v) is 3.12. The minimum absolute atomic E-state index is 0.00596. The quantitative estimate of drug-likeness (QED) is 0.851. The van der Waals surface area contributed by atoms with Crippen molar-refractivity contribution >= 4 is 5.91 Å². The number of nitrogens with zero attached hydrogens (tertiary/aromatic N) is 5. The Bertz CT molecular complexity index is 791. The Morgan fingerprint density at radius 2 is 2.12 bits per heavy atom. The summed E-state index contributed by atoms with van der Waals surface area (Å²) in [6.07, 6.45) is 1.93. The number of ether oxygens (including phenoxy) is 1. The molecule has 0 unspecified atom stereocenters. The number of carbonyl (C=O) groups is 1. The summed E-state index contributed by atoms with van der Waals surface area (Å²) < 4.78 is 7.48. The lowest BCUT2D eigenvalue weighted by molar-refractivity contribution is -0.135. The molecule has 1 aromatic carbocycles. The van der Waals surface area contributed by atoms with Crippen LogP contribution in [0, 0.1) is 25.2 Å². The van der Waals surface area contributed by atoms with Crippen molar-refractivity contribution in [3.63, 3.8) is 0 Å². The van der Waals surface area contributed by atoms with E-state index < -0.39 is 0 Å². The fourth-order valence-electron chi connectivity index (χ4n) is 3.12. The third-order valence-corrected chi connectivity index (χ3v) is 4.35. The van der Waals surface area contributed by atoms with E-state index in [1.54, 1.807) is 24.3 Å². The van der Waals surface area contributed by atoms with E-state index in [0.29, 0.717) is 17.9 Å². The van der Waals surface area contributed by atoms with Crippen LogP contribution in [0.1, 0.15) is 36.1 Å². The summed E-state index contributed by atoms with van der Waals surface area (Å²) in [5.41, 5.74) is 0.566. The van der Waals surface area contributed by atoms with Gasteiger partial charge in [-0.1, -0.05) is 0 Å². The highest BCUT2D eigenvalue weighted by atomic mass is 16.5. The van der Waals surface area contributed by atoms with Gasteiger partial charge in [-0.3, -0.25) is 4.79 Å². The number of aryl methyl sites for hydroxylation is 2. The van der Waals surface area contributed by atoms with Gasteiger partial charge in [-0.2, -0.15) is 10.4 Å². The zero-order valence-electron chi connectivity index (χ0n) is 14.5. The predicted molar refractivity (Wildman–Crippen MR) is 91.0 cm³/mol. The lowest BCUT2D eigenvalue weighted by Gasteiger charge is -2.33. The molecule has 0 N–H and O–H groups in total. The van der Waals surface area contributed by atoms with Crippen molar-refractivity contribution in [2.45, 2.75) is 32.7 Å². The number of amides is 1. The molecule has 1 aliphatic rings. The van der Waals surface area contributed by atoms with Crippen molar-refractivity contribution in [2.24, 2.45) is 0 Å². The van der Waals surface area contributed by atoms with Crippen LogP contribution in [0.4, 0.5) is 0 Å². The number of rotatable bonds is 4. The molecule has 1 aliphatic heterocycles. The Kier molecular flexibility index (Phi) is 4.98. The van der Waals surface area contributed by atoms with Crippen LogP contribution in [-0.2, 0) is 4.79 Å². The SMILES string of the molecule is Cc1nc(C)n([C@H]2CCCN(C(=O)COc3ccc(C#N)cc3)C2)n1. The van der Waals surface area contributed by atoms with Crippen LogP contribution in [0.2, 0.25) is 0 Å². The predicted octanol–water partition coefficient (Wildman–Crippen LogP) is 2.01. The molecule has 3 rings (SSSR count). The highest BCUT2D eigenvalue weighted by molar-refractivity contribution is 5.77. The topological polar surface area (TPSA) is 84.0 Å². The van der Waals surface area contributed by atoms with Crippen molar-refractivity contribution < 1.29 is 9.53 Å². The van der Waals surface area contributed by atoms with Crippen molar-refractivity contribution in [1.29, 1.82) is 5.26 Å². The van der Waals surface area contributed by atoms with E-state index in [2.05, 4.69) is 16.2 Å². The van der Waals surface area contributed by atoms with Crippen LogP contribution in [-0.4, -0.2) is 45.3 Å². The van der Waals surface area contributed by atoms with Gasteiger partial charge in [0.1, 0.15) is 17.4 Å². The Hall–Kier alpha value is -2.88. The zero-order chi connectivity index (χ0) is 17.8. The molecule has 1 saturated heterocycles. The molecule has 7 nitrogen and oxygen atoms in total. The molecule has 0 aliphatic carbocycles. The number of likely N-dealkylation sites (tertiary alicyclic amines) is 1. The van der Waals surface area contributed by atoms with Crippen LogP contribution < -0.4 is 4.74 Å². The monoisotopic (exact) mass is 339 g/mol. The highest BCUT2D eigenvalue weighted by Gasteiger charge is 2.26. The van der Waals surface area contributed by atoms with Gasteiger partial charge in [0, 0.05) is 13.1 Å². The van der Waals surface area contributed by atoms with E-state index in [0.717, 1.165) is 31.0 Å². The fraction of sp³-hybridized carbons (Fsp3) is 0.444. The molecule has 0 bridgehead atoms. The molecular formula is C18H21N5O2. The molecule has 130 valence electrons. The van der Waals surface area contributed by atoms with Crippen molar-refractivity contribution in [1.82, 2.24) is 19.7 Å². The summed E-state index contributed by atoms with van der Waals surface area (Å²) in [6, 6.07) is 8.96. The van der Waals surface area contributed by atoms with Gasteiger partial charge >= 0.3 is 0 Å². The van der Waals surface area contributed by atoms with Crippen molar-refractivity contribution in [3.8, 4) is 11.8 Å². The minimum atomic E-state index is -0.0384. The van der Waals surface area contributed by atoms with E-state index in [1.165, 1.54) is 0 Å². The first kappa shape index (κ1) is 17.0. The van der Waals surface area contributed by atoms with Crippen LogP contribution in [0.15, 0.2) is 24.3 Å². The lowest BCUT2D eigenvalue weighted by Crippen LogP contribution is -2.43. The van der Waals surface area contributed by atoms with E-state index in [9.17, 15) is 4.79 Å². The van der Waals surface area contributed by atoms with E-state index in [1.807, 2.05) is 23.4 Å². The molecule has 1 atom stereocenters. The van der Waals surface area contributed by atoms with Crippen LogP contribution in [0.5, 0.6) is 5.75 Å². The van der Waals surface area contributed by atoms with Gasteiger partial charge in [-0.05, 0) is 51.0 Å². The molecule has 25 heavy (non-hydrogen) atoms. The summed E-state index contributed by atoms with van der Waals surface area (Å²) in [7, 11) is 0. The molecule has 1 aromatic heterocycles. The Morgan fingerprint density at radius 3 is 2.76 bits per heavy atom. The molecular weight excluding hydrogens is 318 g/mol. The third kappa shape index (κ3) is 3.97. The van der Waals surface area contributed by atoms with Crippen LogP contribution in [0.25, 0.3) is 0 Å². The van der Waals surface area contributed by atoms with Gasteiger partial charge in [-0.15, -0.1) is 0 Å². The molecule has 0 spiro atoms. The van der Waals surface area contributed by atoms with Gasteiger partial charge in [0.2, 0.25) is 0 Å². The molecule has 2 aromatic rings. The standard InChI is InChI=1S/C18H21N5O2/c1-13-20-14(2)23(21-13)16-4-3-9-22(11-16)18(24)12-25-17-7-5-15(10-19)6-8-17/h5-8,16H,3-4,9,11-12H2,1-2H3/t16-/m0/s1. The lowest BCUT2D eigenvalue weighted by atomic mass is 10.1. The summed E-state index contributed by atoms with van der Waals surface area (Å²) >= 11 is 0. The van der Waals surface area contributed by atoms with Gasteiger partial charge in [-0.25, -0.2) is 9.67 Å². The average Bonchev–Trinajstić information content (AvgIpc) is 2.98. The first-order chi connectivity index (χ1) is 12.1. The third-order valence-electron chi connectivity index (χ3n) is 4.35. The van der Waals surface area contributed by atoms with E-state index in [-0.39, 0.29) is 18.6 Å². The number of piperidine rings is 1. The molecule has 2 heterocycles. The summed E-state index contributed by atoms with van der Waals surface area (Å²) in [4.78, 5) is 18.6. The summed E-state index contributed by atoms with van der Waals surface area (Å²) in [5.74, 6) is 2.18. The maximum Gasteiger partial charge on any atom is 0.260 e. The number of hydrogen-bond acceptors (Lipinski definition) is 5. The number of hydrogen-bond donors (Lipinski definition) is 0. The van der Waals surface area contributed by atoms with Crippen LogP contribution >= 0.6 is 0 Å². The molecule has 7 heteroatoms. The second-order valence-electron chi connectivity index (χ2n) is 6.21. The van der Waals surface area contributed by atoms with Gasteiger partial charge < -0.3 is 9.64 Å². The number of nitriles is 1. The van der Waals surface area contributed by atoms with Crippen molar-refractivity contribution in [3.05, 3.63) is 41.5 Å². The van der Waals surface area contributed by atoms with Crippen molar-refractivity contribution in [2.75, 3.05) is 19.7 Å². The average molecular weight is 339 g/mol. The zero-order valence-corrected chi connectivity index (χ0v) is 14.5. The number of benzene rings is 1. The van der Waals surface area contributed by atoms with E-state index >= 15 is 0 Å². The maximum atomic E-state index is 12.5. The second kappa shape index (κ2) is 7.34. The molecule has 0 radical (unpaired) electrons. The summed E-state index contributed by atoms with van der Waals surface area (Å²) in [5, 5.41) is 13.2. The first-order valence-electron chi connectivity index (χ1n) is 8.37. The highest BCUT2D eigenvalue weighted by Crippen LogP contribution is 2.22. The molecule has 0 saturated carbocycles. The first-order valence-corrected chi connectivity index (χ1v) is 8.37. The Balaban J connectivity index is 1.58. The normalized spacial score (nSPS) is 17.2. The van der Waals surface area contributed by atoms with Gasteiger partial charge in [0.25, 0.3) is 5.91 Å². The molecule has 1 fully saturated rings. The van der Waals surface area contributed by atoms with E-state index in [4.69, 9.17) is 10.00 Å². The smallest absolute Gasteiger partial charge is 0.260 e. The maximum absolute atomic E-state index is 12.5. The second-order valence-corrected chi connectivity index (χ2v) is 6.21. The summed E-state index contributed by atoms with van der Waals surface area (Å²) in [6.45, 7) is 5.17.